The van der Waals surface area contributed by atoms with Crippen molar-refractivity contribution < 1.29 is 9.52 Å². The summed E-state index contributed by atoms with van der Waals surface area (Å²) in [6.45, 7) is 6.71. The summed E-state index contributed by atoms with van der Waals surface area (Å²) < 4.78 is 5.45. The lowest BCUT2D eigenvalue weighted by Gasteiger charge is -2.50. The lowest BCUT2D eigenvalue weighted by molar-refractivity contribution is -0.144. The third-order valence-corrected chi connectivity index (χ3v) is 5.84. The van der Waals surface area contributed by atoms with E-state index in [4.69, 9.17) is 4.42 Å². The first-order chi connectivity index (χ1) is 7.89. The fourth-order valence-corrected chi connectivity index (χ4v) is 4.45. The normalized spacial score (nSPS) is 43.2. The summed E-state index contributed by atoms with van der Waals surface area (Å²) in [5.41, 5.74) is -0.568. The molecular formula is C15H22O2. The predicted molar refractivity (Wildman–Crippen MR) is 66.6 cm³/mol. The molecule has 2 saturated carbocycles. The Labute approximate surface area is 103 Å². The Balaban J connectivity index is 1.99. The van der Waals surface area contributed by atoms with Gasteiger partial charge in [0.2, 0.25) is 0 Å². The van der Waals surface area contributed by atoms with Crippen LogP contribution >= 0.6 is 0 Å². The molecule has 0 aromatic carbocycles. The number of hydrogen-bond donors (Lipinski definition) is 1. The zero-order chi connectivity index (χ0) is 12.3. The Morgan fingerprint density at radius 2 is 2.18 bits per heavy atom. The fraction of sp³-hybridized carbons (Fsp3) is 0.733. The van der Waals surface area contributed by atoms with Gasteiger partial charge in [0.05, 0.1) is 11.9 Å². The van der Waals surface area contributed by atoms with Gasteiger partial charge in [-0.3, -0.25) is 0 Å². The van der Waals surface area contributed by atoms with E-state index in [9.17, 15) is 5.11 Å². The standard InChI is InChI=1S/C15H22O2/c1-13(2)11-6-7-14(3,9-11)15(13,16)10-12-5-4-8-17-12/h4-5,8,11,16H,6-7,9-10H2,1-3H3. The van der Waals surface area contributed by atoms with Crippen molar-refractivity contribution in [3.63, 3.8) is 0 Å². The molecular weight excluding hydrogens is 212 g/mol. The Bertz CT molecular complexity index is 413. The highest BCUT2D eigenvalue weighted by Gasteiger charge is 2.68. The average molecular weight is 234 g/mol. The summed E-state index contributed by atoms with van der Waals surface area (Å²) in [6, 6.07) is 3.88. The molecule has 1 aromatic rings. The van der Waals surface area contributed by atoms with Crippen LogP contribution in [0.1, 0.15) is 45.8 Å². The molecule has 1 N–H and O–H groups in total. The summed E-state index contributed by atoms with van der Waals surface area (Å²) >= 11 is 0. The minimum atomic E-state index is -0.624. The molecule has 1 aromatic heterocycles. The van der Waals surface area contributed by atoms with Gasteiger partial charge in [-0.05, 0) is 48.1 Å². The maximum absolute atomic E-state index is 11.3. The topological polar surface area (TPSA) is 33.4 Å². The van der Waals surface area contributed by atoms with Crippen molar-refractivity contribution in [1.29, 1.82) is 0 Å². The molecule has 0 radical (unpaired) electrons. The van der Waals surface area contributed by atoms with E-state index >= 15 is 0 Å². The lowest BCUT2D eigenvalue weighted by Crippen LogP contribution is -2.55. The molecule has 0 saturated heterocycles. The monoisotopic (exact) mass is 234 g/mol. The summed E-state index contributed by atoms with van der Waals surface area (Å²) in [5.74, 6) is 1.57. The van der Waals surface area contributed by atoms with E-state index in [1.54, 1.807) is 6.26 Å². The van der Waals surface area contributed by atoms with Crippen molar-refractivity contribution in [2.24, 2.45) is 16.7 Å². The van der Waals surface area contributed by atoms with Crippen LogP contribution in [0.4, 0.5) is 0 Å². The van der Waals surface area contributed by atoms with Crippen LogP contribution in [0.2, 0.25) is 0 Å². The molecule has 3 atom stereocenters. The second kappa shape index (κ2) is 3.17. The van der Waals surface area contributed by atoms with Gasteiger partial charge in [0.25, 0.3) is 0 Å². The van der Waals surface area contributed by atoms with Gasteiger partial charge in [-0.15, -0.1) is 0 Å². The Morgan fingerprint density at radius 3 is 2.71 bits per heavy atom. The Kier molecular flexibility index (Phi) is 2.11. The van der Waals surface area contributed by atoms with E-state index in [1.165, 1.54) is 6.42 Å². The third-order valence-electron chi connectivity index (χ3n) is 5.84. The SMILES string of the molecule is CC12CCC(C1)C(C)(C)C2(O)Cc1ccco1. The molecule has 2 bridgehead atoms. The summed E-state index contributed by atoms with van der Waals surface area (Å²) in [4.78, 5) is 0. The van der Waals surface area contributed by atoms with Crippen LogP contribution in [0.25, 0.3) is 0 Å². The van der Waals surface area contributed by atoms with Crippen molar-refractivity contribution in [2.45, 2.75) is 52.1 Å². The molecule has 0 spiro atoms. The minimum absolute atomic E-state index is 0.00715. The first kappa shape index (κ1) is 11.3. The predicted octanol–water partition coefficient (Wildman–Crippen LogP) is 3.40. The number of furan rings is 1. The van der Waals surface area contributed by atoms with Crippen molar-refractivity contribution in [3.05, 3.63) is 24.2 Å². The molecule has 94 valence electrons. The molecule has 2 fully saturated rings. The van der Waals surface area contributed by atoms with Gasteiger partial charge < -0.3 is 9.52 Å². The highest BCUT2D eigenvalue weighted by Crippen LogP contribution is 2.68. The van der Waals surface area contributed by atoms with E-state index in [0.29, 0.717) is 12.3 Å². The van der Waals surface area contributed by atoms with Crippen molar-refractivity contribution in [3.8, 4) is 0 Å². The minimum Gasteiger partial charge on any atom is -0.469 e. The van der Waals surface area contributed by atoms with E-state index in [1.807, 2.05) is 12.1 Å². The van der Waals surface area contributed by atoms with Crippen LogP contribution in [0.15, 0.2) is 22.8 Å². The summed E-state index contributed by atoms with van der Waals surface area (Å²) in [7, 11) is 0. The van der Waals surface area contributed by atoms with Gasteiger partial charge >= 0.3 is 0 Å². The molecule has 0 amide bonds. The van der Waals surface area contributed by atoms with Crippen LogP contribution in [0, 0.1) is 16.7 Å². The van der Waals surface area contributed by atoms with Crippen LogP contribution < -0.4 is 0 Å². The Hall–Kier alpha value is -0.760. The zero-order valence-electron chi connectivity index (χ0n) is 11.0. The molecule has 1 heterocycles. The van der Waals surface area contributed by atoms with Gasteiger partial charge in [0.15, 0.2) is 0 Å². The van der Waals surface area contributed by atoms with Crippen molar-refractivity contribution in [2.75, 3.05) is 0 Å². The molecule has 3 unspecified atom stereocenters. The van der Waals surface area contributed by atoms with Crippen LogP contribution in [0.5, 0.6) is 0 Å². The number of hydrogen-bond acceptors (Lipinski definition) is 2. The van der Waals surface area contributed by atoms with E-state index in [2.05, 4.69) is 20.8 Å². The van der Waals surface area contributed by atoms with Crippen LogP contribution in [-0.2, 0) is 6.42 Å². The number of aliphatic hydroxyl groups is 1. The van der Waals surface area contributed by atoms with Gasteiger partial charge in [0, 0.05) is 6.42 Å². The first-order valence-corrected chi connectivity index (χ1v) is 6.64. The zero-order valence-corrected chi connectivity index (χ0v) is 11.0. The third kappa shape index (κ3) is 1.25. The quantitative estimate of drug-likeness (QED) is 0.850. The summed E-state index contributed by atoms with van der Waals surface area (Å²) in [5, 5.41) is 11.3. The van der Waals surface area contributed by atoms with Gasteiger partial charge in [-0.1, -0.05) is 20.8 Å². The van der Waals surface area contributed by atoms with Crippen molar-refractivity contribution >= 4 is 0 Å². The maximum atomic E-state index is 11.3. The van der Waals surface area contributed by atoms with E-state index in [0.717, 1.165) is 18.6 Å². The van der Waals surface area contributed by atoms with Crippen molar-refractivity contribution in [1.82, 2.24) is 0 Å². The Morgan fingerprint density at radius 1 is 1.41 bits per heavy atom. The van der Waals surface area contributed by atoms with Gasteiger partial charge in [-0.25, -0.2) is 0 Å². The molecule has 2 aliphatic carbocycles. The smallest absolute Gasteiger partial charge is 0.106 e. The molecule has 2 aliphatic rings. The molecule has 0 aliphatic heterocycles. The van der Waals surface area contributed by atoms with Crippen LogP contribution in [0.3, 0.4) is 0 Å². The van der Waals surface area contributed by atoms with Gasteiger partial charge in [0.1, 0.15) is 5.76 Å². The molecule has 17 heavy (non-hydrogen) atoms. The number of fused-ring (bicyclic) bond motifs is 2. The molecule has 2 nitrogen and oxygen atoms in total. The second-order valence-corrected chi connectivity index (χ2v) is 6.84. The second-order valence-electron chi connectivity index (χ2n) is 6.84. The first-order valence-electron chi connectivity index (χ1n) is 6.64. The average Bonchev–Trinajstić information content (AvgIpc) is 2.89. The van der Waals surface area contributed by atoms with Crippen LogP contribution in [-0.4, -0.2) is 10.7 Å². The molecule has 2 heteroatoms. The fourth-order valence-electron chi connectivity index (χ4n) is 4.45. The largest absolute Gasteiger partial charge is 0.469 e. The number of rotatable bonds is 2. The molecule has 3 rings (SSSR count). The highest BCUT2D eigenvalue weighted by molar-refractivity contribution is 5.21. The van der Waals surface area contributed by atoms with E-state index in [-0.39, 0.29) is 10.8 Å². The maximum Gasteiger partial charge on any atom is 0.106 e. The van der Waals surface area contributed by atoms with Gasteiger partial charge in [-0.2, -0.15) is 0 Å². The summed E-state index contributed by atoms with van der Waals surface area (Å²) in [6.07, 6.45) is 5.93. The van der Waals surface area contributed by atoms with E-state index < -0.39 is 5.60 Å². The lowest BCUT2D eigenvalue weighted by atomic mass is 9.59. The highest BCUT2D eigenvalue weighted by atomic mass is 16.3.